The molecular formula is C14H17NO4. The zero-order chi connectivity index (χ0) is 14.4. The number of esters is 2. The summed E-state index contributed by atoms with van der Waals surface area (Å²) in [5.41, 5.74) is 1.10. The standard InChI is InChI=1S/C14H17NO4/c1-15(2)9-12(14(17)19-4)10-7-5-6-8-11(10)13(16)18-3/h5-9H,1-4H3/b12-9-. The second-order valence-electron chi connectivity index (χ2n) is 4.04. The average Bonchev–Trinajstić information content (AvgIpc) is 2.43. The van der Waals surface area contributed by atoms with Gasteiger partial charge in [0.25, 0.3) is 0 Å². The van der Waals surface area contributed by atoms with E-state index in [2.05, 4.69) is 0 Å². The van der Waals surface area contributed by atoms with Crippen LogP contribution in [0.3, 0.4) is 0 Å². The van der Waals surface area contributed by atoms with Gasteiger partial charge in [0, 0.05) is 25.9 Å². The fourth-order valence-corrected chi connectivity index (χ4v) is 1.61. The monoisotopic (exact) mass is 263 g/mol. The van der Waals surface area contributed by atoms with Crippen molar-refractivity contribution in [3.63, 3.8) is 0 Å². The molecular weight excluding hydrogens is 246 g/mol. The molecule has 0 aromatic heterocycles. The molecule has 1 aromatic carbocycles. The molecule has 0 unspecified atom stereocenters. The van der Waals surface area contributed by atoms with Gasteiger partial charge in [-0.1, -0.05) is 18.2 Å². The van der Waals surface area contributed by atoms with Gasteiger partial charge >= 0.3 is 11.9 Å². The zero-order valence-electron chi connectivity index (χ0n) is 11.5. The highest BCUT2D eigenvalue weighted by molar-refractivity contribution is 6.18. The van der Waals surface area contributed by atoms with Crippen molar-refractivity contribution in [3.8, 4) is 0 Å². The van der Waals surface area contributed by atoms with Gasteiger partial charge in [0.1, 0.15) is 0 Å². The van der Waals surface area contributed by atoms with Crippen molar-refractivity contribution in [3.05, 3.63) is 41.6 Å². The first-order valence-corrected chi connectivity index (χ1v) is 5.65. The van der Waals surface area contributed by atoms with Crippen molar-refractivity contribution in [2.45, 2.75) is 0 Å². The number of hydrogen-bond acceptors (Lipinski definition) is 5. The van der Waals surface area contributed by atoms with Crippen LogP contribution in [0.2, 0.25) is 0 Å². The van der Waals surface area contributed by atoms with Crippen LogP contribution in [0.25, 0.3) is 5.57 Å². The van der Waals surface area contributed by atoms with Gasteiger partial charge in [0.05, 0.1) is 25.4 Å². The van der Waals surface area contributed by atoms with E-state index in [-0.39, 0.29) is 0 Å². The van der Waals surface area contributed by atoms with E-state index in [9.17, 15) is 9.59 Å². The van der Waals surface area contributed by atoms with Crippen LogP contribution in [0.5, 0.6) is 0 Å². The van der Waals surface area contributed by atoms with Crippen LogP contribution in [-0.2, 0) is 14.3 Å². The van der Waals surface area contributed by atoms with Crippen molar-refractivity contribution in [1.82, 2.24) is 4.90 Å². The summed E-state index contributed by atoms with van der Waals surface area (Å²) in [5.74, 6) is -1.01. The molecule has 1 aromatic rings. The molecule has 0 fully saturated rings. The van der Waals surface area contributed by atoms with Crippen molar-refractivity contribution < 1.29 is 19.1 Å². The van der Waals surface area contributed by atoms with E-state index in [1.54, 1.807) is 49.5 Å². The van der Waals surface area contributed by atoms with Crippen molar-refractivity contribution in [2.75, 3.05) is 28.3 Å². The second kappa shape index (κ2) is 6.58. The minimum atomic E-state index is -0.509. The first-order chi connectivity index (χ1) is 9.01. The topological polar surface area (TPSA) is 55.8 Å². The van der Waals surface area contributed by atoms with Gasteiger partial charge < -0.3 is 14.4 Å². The number of hydrogen-bond donors (Lipinski definition) is 0. The number of benzene rings is 1. The normalized spacial score (nSPS) is 10.8. The van der Waals surface area contributed by atoms with Crippen LogP contribution in [0.15, 0.2) is 30.5 Å². The van der Waals surface area contributed by atoms with Crippen LogP contribution in [0.4, 0.5) is 0 Å². The van der Waals surface area contributed by atoms with E-state index in [0.717, 1.165) is 0 Å². The van der Waals surface area contributed by atoms with Crippen molar-refractivity contribution in [1.29, 1.82) is 0 Å². The maximum absolute atomic E-state index is 11.8. The predicted octanol–water partition coefficient (Wildman–Crippen LogP) is 1.55. The van der Waals surface area contributed by atoms with E-state index in [0.29, 0.717) is 16.7 Å². The predicted molar refractivity (Wildman–Crippen MR) is 71.5 cm³/mol. The van der Waals surface area contributed by atoms with Crippen LogP contribution in [-0.4, -0.2) is 45.2 Å². The molecule has 5 heteroatoms. The number of rotatable bonds is 4. The molecule has 19 heavy (non-hydrogen) atoms. The van der Waals surface area contributed by atoms with E-state index in [1.165, 1.54) is 14.2 Å². The SMILES string of the molecule is COC(=O)/C(=C\N(C)C)c1ccccc1C(=O)OC. The maximum atomic E-state index is 11.8. The first kappa shape index (κ1) is 14.8. The molecule has 0 bridgehead atoms. The minimum absolute atomic E-state index is 0.300. The Balaban J connectivity index is 3.39. The molecule has 0 spiro atoms. The van der Waals surface area contributed by atoms with Crippen molar-refractivity contribution >= 4 is 17.5 Å². The molecule has 0 aliphatic heterocycles. The molecule has 0 aliphatic carbocycles. The molecule has 0 N–H and O–H groups in total. The number of carbonyl (C=O) groups is 2. The molecule has 0 saturated carbocycles. The Hall–Kier alpha value is -2.30. The average molecular weight is 263 g/mol. The largest absolute Gasteiger partial charge is 0.465 e. The fourth-order valence-electron chi connectivity index (χ4n) is 1.61. The van der Waals surface area contributed by atoms with Gasteiger partial charge in [0.15, 0.2) is 0 Å². The van der Waals surface area contributed by atoms with E-state index in [1.807, 2.05) is 0 Å². The van der Waals surface area contributed by atoms with Gasteiger partial charge in [-0.2, -0.15) is 0 Å². The minimum Gasteiger partial charge on any atom is -0.465 e. The quantitative estimate of drug-likeness (QED) is 0.609. The van der Waals surface area contributed by atoms with Crippen molar-refractivity contribution in [2.24, 2.45) is 0 Å². The number of ether oxygens (including phenoxy) is 2. The molecule has 102 valence electrons. The summed E-state index contributed by atoms with van der Waals surface area (Å²) in [5, 5.41) is 0. The van der Waals surface area contributed by atoms with Gasteiger partial charge in [-0.3, -0.25) is 0 Å². The lowest BCUT2D eigenvalue weighted by Crippen LogP contribution is -2.13. The number of carbonyl (C=O) groups excluding carboxylic acids is 2. The zero-order valence-corrected chi connectivity index (χ0v) is 11.5. The highest BCUT2D eigenvalue weighted by atomic mass is 16.5. The first-order valence-electron chi connectivity index (χ1n) is 5.65. The van der Waals surface area contributed by atoms with Gasteiger partial charge in [-0.05, 0) is 6.07 Å². The Morgan fingerprint density at radius 3 is 2.11 bits per heavy atom. The second-order valence-corrected chi connectivity index (χ2v) is 4.04. The molecule has 0 radical (unpaired) electrons. The molecule has 0 amide bonds. The Morgan fingerprint density at radius 1 is 1.05 bits per heavy atom. The van der Waals surface area contributed by atoms with E-state index in [4.69, 9.17) is 9.47 Å². The highest BCUT2D eigenvalue weighted by Crippen LogP contribution is 2.21. The van der Waals surface area contributed by atoms with Crippen LogP contribution in [0, 0.1) is 0 Å². The molecule has 0 heterocycles. The van der Waals surface area contributed by atoms with Gasteiger partial charge in [0.2, 0.25) is 0 Å². The summed E-state index contributed by atoms with van der Waals surface area (Å²) in [4.78, 5) is 25.3. The number of methoxy groups -OCH3 is 2. The summed E-state index contributed by atoms with van der Waals surface area (Å²) >= 11 is 0. The Bertz CT molecular complexity index is 506. The molecule has 0 atom stereocenters. The van der Waals surface area contributed by atoms with Gasteiger partial charge in [-0.15, -0.1) is 0 Å². The third-order valence-corrected chi connectivity index (χ3v) is 2.42. The molecule has 1 rings (SSSR count). The molecule has 5 nitrogen and oxygen atoms in total. The fraction of sp³-hybridized carbons (Fsp3) is 0.286. The summed E-state index contributed by atoms with van der Waals surface area (Å²) in [6, 6.07) is 6.74. The molecule has 0 saturated heterocycles. The lowest BCUT2D eigenvalue weighted by Gasteiger charge is -2.13. The summed E-state index contributed by atoms with van der Waals surface area (Å²) in [7, 11) is 6.16. The van der Waals surface area contributed by atoms with Crippen LogP contribution >= 0.6 is 0 Å². The third-order valence-electron chi connectivity index (χ3n) is 2.42. The Kier molecular flexibility index (Phi) is 5.11. The van der Waals surface area contributed by atoms with Gasteiger partial charge in [-0.25, -0.2) is 9.59 Å². The summed E-state index contributed by atoms with van der Waals surface area (Å²) in [6.07, 6.45) is 1.60. The van der Waals surface area contributed by atoms with E-state index < -0.39 is 11.9 Å². The summed E-state index contributed by atoms with van der Waals surface area (Å²) in [6.45, 7) is 0. The van der Waals surface area contributed by atoms with E-state index >= 15 is 0 Å². The number of nitrogens with zero attached hydrogens (tertiary/aromatic N) is 1. The Labute approximate surface area is 112 Å². The highest BCUT2D eigenvalue weighted by Gasteiger charge is 2.20. The van der Waals surface area contributed by atoms with Crippen LogP contribution in [0.1, 0.15) is 15.9 Å². The molecule has 0 aliphatic rings. The third kappa shape index (κ3) is 3.58. The summed E-state index contributed by atoms with van der Waals surface area (Å²) < 4.78 is 9.46. The maximum Gasteiger partial charge on any atom is 0.339 e. The smallest absolute Gasteiger partial charge is 0.339 e. The lowest BCUT2D eigenvalue weighted by molar-refractivity contribution is -0.133. The lowest BCUT2D eigenvalue weighted by atomic mass is 10.0. The Morgan fingerprint density at radius 2 is 1.63 bits per heavy atom. The van der Waals surface area contributed by atoms with Crippen LogP contribution < -0.4 is 0 Å².